The highest BCUT2D eigenvalue weighted by molar-refractivity contribution is 6.06. The van der Waals surface area contributed by atoms with E-state index in [0.717, 1.165) is 100 Å². The van der Waals surface area contributed by atoms with Crippen LogP contribution in [0.3, 0.4) is 0 Å². The molecule has 0 fully saturated rings. The maximum Gasteiger partial charge on any atom is 0.164 e. The number of nitrogens with zero attached hydrogens (tertiary/aromatic N) is 6. The zero-order valence-electron chi connectivity index (χ0n) is 55.7. The lowest BCUT2D eigenvalue weighted by Gasteiger charge is -2.22. The van der Waals surface area contributed by atoms with Crippen molar-refractivity contribution in [1.82, 2.24) is 29.9 Å². The van der Waals surface area contributed by atoms with Crippen LogP contribution in [-0.2, 0) is 0 Å². The van der Waals surface area contributed by atoms with Gasteiger partial charge in [-0.05, 0) is 110 Å². The molecule has 3 aromatic heterocycles. The molecule has 2 aliphatic rings. The summed E-state index contributed by atoms with van der Waals surface area (Å²) < 4.78 is 89.3. The highest BCUT2D eigenvalue weighted by atomic mass is 16.5. The quantitative estimate of drug-likeness (QED) is 0.141. The largest absolute Gasteiger partial charge is 0.456 e. The van der Waals surface area contributed by atoms with E-state index >= 15 is 0 Å². The molecule has 0 aliphatic carbocycles. The molecule has 2 aliphatic heterocycles. The first-order valence-electron chi connectivity index (χ1n) is 33.1. The molecule has 15 aromatic rings. The molecular formula is C80H50N6O2. The zero-order chi connectivity index (χ0) is 66.2. The third kappa shape index (κ3) is 9.86. The second-order valence-electron chi connectivity index (χ2n) is 21.1. The fraction of sp³-hybridized carbons (Fsp3) is 0. The highest BCUT2D eigenvalue weighted by Gasteiger charge is 2.23. The van der Waals surface area contributed by atoms with Gasteiger partial charge < -0.3 is 9.47 Å². The molecule has 8 heteroatoms. The average Bonchev–Trinajstić information content (AvgIpc) is 0.756. The van der Waals surface area contributed by atoms with Gasteiger partial charge >= 0.3 is 0 Å². The van der Waals surface area contributed by atoms with Crippen LogP contribution < -0.4 is 9.47 Å². The number of pyridine rings is 1. The summed E-state index contributed by atoms with van der Waals surface area (Å²) in [6.45, 7) is 0. The molecule has 0 radical (unpaired) electrons. The molecule has 5 heterocycles. The lowest BCUT2D eigenvalue weighted by Crippen LogP contribution is -2.01. The van der Waals surface area contributed by atoms with Crippen molar-refractivity contribution in [2.24, 2.45) is 0 Å². The molecule has 17 rings (SSSR count). The summed E-state index contributed by atoms with van der Waals surface area (Å²) >= 11 is 0. The van der Waals surface area contributed by atoms with Gasteiger partial charge in [0.2, 0.25) is 0 Å². The van der Waals surface area contributed by atoms with Gasteiger partial charge in [0.05, 0.1) is 23.7 Å². The first-order valence-corrected chi connectivity index (χ1v) is 28.6. The normalized spacial score (nSPS) is 13.0. The van der Waals surface area contributed by atoms with Crippen molar-refractivity contribution in [2.75, 3.05) is 0 Å². The smallest absolute Gasteiger partial charge is 0.164 e. The number of ether oxygens (including phenoxy) is 2. The molecule has 12 aromatic carbocycles. The van der Waals surface area contributed by atoms with E-state index in [1.165, 1.54) is 10.9 Å². The Labute approximate surface area is 521 Å². The first-order chi connectivity index (χ1) is 47.3. The Morgan fingerprint density at radius 1 is 0.261 bits per heavy atom. The summed E-state index contributed by atoms with van der Waals surface area (Å²) in [5.41, 5.74) is 13.5. The van der Waals surface area contributed by atoms with Crippen LogP contribution in [0, 0.1) is 0 Å². The molecule has 0 amide bonds. The van der Waals surface area contributed by atoms with E-state index in [9.17, 15) is 0 Å². The van der Waals surface area contributed by atoms with Crippen molar-refractivity contribution in [3.05, 3.63) is 303 Å². The Morgan fingerprint density at radius 2 is 0.693 bits per heavy atom. The molecule has 88 heavy (non-hydrogen) atoms. The third-order valence-electron chi connectivity index (χ3n) is 15.7. The maximum atomic E-state index is 9.00. The molecule has 0 saturated carbocycles. The molecule has 0 saturated heterocycles. The Hall–Kier alpha value is -12.0. The van der Waals surface area contributed by atoms with Crippen LogP contribution in [0.2, 0.25) is 0 Å². The molecule has 412 valence electrons. The summed E-state index contributed by atoms with van der Waals surface area (Å²) in [6.07, 6.45) is 3.67. The number of hydrogen-bond donors (Lipinski definition) is 0. The monoisotopic (exact) mass is 1140 g/mol. The van der Waals surface area contributed by atoms with E-state index < -0.39 is 65.5 Å². The molecule has 0 atom stereocenters. The number of aromatic nitrogens is 6. The van der Waals surface area contributed by atoms with Crippen molar-refractivity contribution in [1.29, 1.82) is 0 Å². The minimum Gasteiger partial charge on any atom is -0.456 e. The number of hydrogen-bond acceptors (Lipinski definition) is 8. The van der Waals surface area contributed by atoms with E-state index in [0.29, 0.717) is 22.7 Å². The second kappa shape index (κ2) is 22.2. The fourth-order valence-electron chi connectivity index (χ4n) is 11.4. The Bertz CT molecular complexity index is 5630. The number of rotatable bonds is 9. The van der Waals surface area contributed by atoms with Gasteiger partial charge in [-0.15, -0.1) is 0 Å². The summed E-state index contributed by atoms with van der Waals surface area (Å²) in [5, 5.41) is 4.35. The maximum absolute atomic E-state index is 9.00. The third-order valence-corrected chi connectivity index (χ3v) is 15.7. The lowest BCUT2D eigenvalue weighted by atomic mass is 9.92. The number of benzene rings is 12. The summed E-state index contributed by atoms with van der Waals surface area (Å²) in [7, 11) is 0. The second-order valence-corrected chi connectivity index (χ2v) is 21.1. The topological polar surface area (TPSA) is 95.8 Å². The van der Waals surface area contributed by atoms with Crippen LogP contribution in [0.4, 0.5) is 0 Å². The molecular weight excluding hydrogens is 1080 g/mol. The van der Waals surface area contributed by atoms with Gasteiger partial charge in [-0.2, -0.15) is 0 Å². The molecule has 0 spiro atoms. The summed E-state index contributed by atoms with van der Waals surface area (Å²) in [6, 6.07) is 73.5. The van der Waals surface area contributed by atoms with Gasteiger partial charge in [0.1, 0.15) is 23.0 Å². The van der Waals surface area contributed by atoms with E-state index in [4.69, 9.17) is 41.7 Å². The first kappa shape index (κ1) is 42.7. The van der Waals surface area contributed by atoms with E-state index in [1.807, 2.05) is 109 Å². The van der Waals surface area contributed by atoms with Crippen molar-refractivity contribution in [3.8, 4) is 147 Å². The van der Waals surface area contributed by atoms with Gasteiger partial charge in [0, 0.05) is 67.7 Å². The Kier molecular flexibility index (Phi) is 10.8. The average molecular weight is 1140 g/mol. The SMILES string of the molecule is [2H]c1c([2H])c([2H])c(-c2c([2H])c([2H])c(-c3nc(-c4ccccc4)nc(-c4ccc5c(c4)-c4cccc6cccc(c46)O5)n3)c([2H])c2[2H])c([2H])c1[2H].c1ccc(-c2nc(-c3ccc(-c4cccnc4)cc3)cc(-c3ccc(-c4ccc5c(c4)-c4cccc6cccc(c46)O5)cc3)n2)cc1. The van der Waals surface area contributed by atoms with Gasteiger partial charge in [-0.25, -0.2) is 24.9 Å². The van der Waals surface area contributed by atoms with Gasteiger partial charge in [0.25, 0.3) is 0 Å². The van der Waals surface area contributed by atoms with Crippen molar-refractivity contribution < 1.29 is 21.8 Å². The predicted molar refractivity (Wildman–Crippen MR) is 355 cm³/mol. The van der Waals surface area contributed by atoms with Gasteiger partial charge in [0.15, 0.2) is 23.3 Å². The molecule has 0 unspecified atom stereocenters. The number of fused-ring (bicyclic) bond motifs is 4. The van der Waals surface area contributed by atoms with Crippen LogP contribution in [0.1, 0.15) is 12.3 Å². The Balaban J connectivity index is 0.000000152. The summed E-state index contributed by atoms with van der Waals surface area (Å²) in [5.74, 6) is 4.22. The standard InChI is InChI=1S/C43H27N3O.C37H23N3O/c1-2-7-33(8-3-1)43-45-38(26-39(46-43)31-20-16-29(17-21-31)35-11-6-24-44-27-35)30-18-14-28(15-19-30)34-22-23-40-37(25-34)36-12-4-9-32-10-5-13-41(47-40)42(32)36;1-3-9-24(10-4-1)25-17-19-28(20-18-25)36-38-35(27-11-5-2-6-12-27)39-37(40-36)29-21-22-32-31(23-29)30-15-7-13-26-14-8-16-33(41-32)34(26)30/h1-27H;1-23H/i;1D,3D,4D,9D,10D,17D,18D,19D,20D. The highest BCUT2D eigenvalue weighted by Crippen LogP contribution is 2.49. The van der Waals surface area contributed by atoms with E-state index in [2.05, 4.69) is 125 Å². The van der Waals surface area contributed by atoms with Gasteiger partial charge in [-0.3, -0.25) is 4.98 Å². The summed E-state index contributed by atoms with van der Waals surface area (Å²) in [4.78, 5) is 28.4. The van der Waals surface area contributed by atoms with E-state index in [-0.39, 0.29) is 23.0 Å². The molecule has 8 nitrogen and oxygen atoms in total. The van der Waals surface area contributed by atoms with Crippen molar-refractivity contribution in [3.63, 3.8) is 0 Å². The zero-order valence-corrected chi connectivity index (χ0v) is 46.7. The Morgan fingerprint density at radius 3 is 1.24 bits per heavy atom. The van der Waals surface area contributed by atoms with Crippen LogP contribution in [0.25, 0.3) is 145 Å². The van der Waals surface area contributed by atoms with Gasteiger partial charge in [-0.1, -0.05) is 236 Å². The van der Waals surface area contributed by atoms with E-state index in [1.54, 1.807) is 24.4 Å². The predicted octanol–water partition coefficient (Wildman–Crippen LogP) is 20.6. The lowest BCUT2D eigenvalue weighted by molar-refractivity contribution is 0.487. The fourth-order valence-corrected chi connectivity index (χ4v) is 11.4. The van der Waals surface area contributed by atoms with Crippen LogP contribution in [-0.4, -0.2) is 29.9 Å². The van der Waals surface area contributed by atoms with Crippen LogP contribution >= 0.6 is 0 Å². The van der Waals surface area contributed by atoms with Crippen LogP contribution in [0.15, 0.2) is 303 Å². The van der Waals surface area contributed by atoms with Crippen molar-refractivity contribution >= 4 is 21.5 Å². The van der Waals surface area contributed by atoms with Crippen LogP contribution in [0.5, 0.6) is 23.0 Å². The van der Waals surface area contributed by atoms with Crippen molar-refractivity contribution in [2.45, 2.75) is 0 Å². The molecule has 0 bridgehead atoms. The minimum absolute atomic E-state index is 0.125. The minimum atomic E-state index is -0.647. The molecule has 0 N–H and O–H groups in total.